The smallest absolute Gasteiger partial charge is 0.262 e. The molecule has 102 valence electrons. The second-order valence-electron chi connectivity index (χ2n) is 4.69. The lowest BCUT2D eigenvalue weighted by Crippen LogP contribution is -2.59. The number of aliphatic hydroxyl groups is 3. The maximum Gasteiger partial charge on any atom is 0.262 e. The number of hydrogen-bond acceptors (Lipinski definition) is 5. The van der Waals surface area contributed by atoms with Gasteiger partial charge in [0, 0.05) is 0 Å². The van der Waals surface area contributed by atoms with E-state index in [0.717, 1.165) is 10.5 Å². The molecule has 0 fully saturated rings. The van der Waals surface area contributed by atoms with Gasteiger partial charge in [-0.05, 0) is 19.1 Å². The summed E-state index contributed by atoms with van der Waals surface area (Å²) in [5, 5.41) is 28.0. The number of hydrogen-bond donors (Lipinski definition) is 3. The van der Waals surface area contributed by atoms with Crippen molar-refractivity contribution in [3.8, 4) is 0 Å². The SMILES string of the molecule is Cc1ccc2c(c1)C(=O)N(C(CO)(CO)CO)C2=O. The Hall–Kier alpha value is -1.76. The van der Waals surface area contributed by atoms with Crippen LogP contribution < -0.4 is 0 Å². The molecule has 2 rings (SSSR count). The van der Waals surface area contributed by atoms with Gasteiger partial charge in [0.05, 0.1) is 30.9 Å². The van der Waals surface area contributed by atoms with Gasteiger partial charge in [-0.15, -0.1) is 0 Å². The number of rotatable bonds is 4. The van der Waals surface area contributed by atoms with Crippen molar-refractivity contribution in [2.45, 2.75) is 12.5 Å². The summed E-state index contributed by atoms with van der Waals surface area (Å²) in [7, 11) is 0. The van der Waals surface area contributed by atoms with Crippen molar-refractivity contribution in [2.24, 2.45) is 0 Å². The Morgan fingerprint density at radius 3 is 2.05 bits per heavy atom. The molecular formula is C13H15NO5. The van der Waals surface area contributed by atoms with Gasteiger partial charge in [0.2, 0.25) is 0 Å². The molecule has 6 heteroatoms. The fourth-order valence-electron chi connectivity index (χ4n) is 2.15. The maximum absolute atomic E-state index is 12.3. The fourth-order valence-corrected chi connectivity index (χ4v) is 2.15. The molecule has 19 heavy (non-hydrogen) atoms. The average Bonchev–Trinajstić information content (AvgIpc) is 2.66. The number of aryl methyl sites for hydroxylation is 1. The third kappa shape index (κ3) is 1.85. The Kier molecular flexibility index (Phi) is 3.40. The molecule has 2 amide bonds. The summed E-state index contributed by atoms with van der Waals surface area (Å²) in [5.41, 5.74) is -0.412. The van der Waals surface area contributed by atoms with Crippen LogP contribution in [0.15, 0.2) is 18.2 Å². The predicted molar refractivity (Wildman–Crippen MR) is 65.7 cm³/mol. The first-order chi connectivity index (χ1) is 9.00. The van der Waals surface area contributed by atoms with Crippen LogP contribution >= 0.6 is 0 Å². The lowest BCUT2D eigenvalue weighted by atomic mass is 10.0. The highest BCUT2D eigenvalue weighted by atomic mass is 16.3. The second-order valence-corrected chi connectivity index (χ2v) is 4.69. The van der Waals surface area contributed by atoms with Gasteiger partial charge in [0.25, 0.3) is 11.8 Å². The number of carbonyl (C=O) groups excluding carboxylic acids is 2. The van der Waals surface area contributed by atoms with Crippen molar-refractivity contribution in [2.75, 3.05) is 19.8 Å². The normalized spacial score (nSPS) is 15.1. The van der Waals surface area contributed by atoms with Crippen LogP contribution in [0.4, 0.5) is 0 Å². The molecule has 1 aliphatic rings. The molecule has 0 aromatic heterocycles. The van der Waals surface area contributed by atoms with Gasteiger partial charge >= 0.3 is 0 Å². The van der Waals surface area contributed by atoms with Gasteiger partial charge in [-0.3, -0.25) is 14.5 Å². The van der Waals surface area contributed by atoms with E-state index in [0.29, 0.717) is 0 Å². The van der Waals surface area contributed by atoms with Crippen molar-refractivity contribution in [1.82, 2.24) is 4.90 Å². The first kappa shape index (κ1) is 13.7. The molecule has 6 nitrogen and oxygen atoms in total. The summed E-state index contributed by atoms with van der Waals surface area (Å²) in [6.07, 6.45) is 0. The van der Waals surface area contributed by atoms with Crippen LogP contribution in [-0.2, 0) is 0 Å². The minimum Gasteiger partial charge on any atom is -0.394 e. The third-order valence-corrected chi connectivity index (χ3v) is 3.40. The maximum atomic E-state index is 12.3. The van der Waals surface area contributed by atoms with E-state index in [-0.39, 0.29) is 11.1 Å². The van der Waals surface area contributed by atoms with Crippen LogP contribution in [0.1, 0.15) is 26.3 Å². The Bertz CT molecular complexity index is 528. The summed E-state index contributed by atoms with van der Waals surface area (Å²) >= 11 is 0. The fraction of sp³-hybridized carbons (Fsp3) is 0.385. The number of nitrogens with zero attached hydrogens (tertiary/aromatic N) is 1. The average molecular weight is 265 g/mol. The van der Waals surface area contributed by atoms with E-state index < -0.39 is 37.2 Å². The third-order valence-electron chi connectivity index (χ3n) is 3.40. The van der Waals surface area contributed by atoms with E-state index in [2.05, 4.69) is 0 Å². The minimum absolute atomic E-state index is 0.218. The molecule has 1 aromatic carbocycles. The molecule has 0 bridgehead atoms. The monoisotopic (exact) mass is 265 g/mol. The van der Waals surface area contributed by atoms with Gasteiger partial charge < -0.3 is 15.3 Å². The van der Waals surface area contributed by atoms with Crippen molar-refractivity contribution >= 4 is 11.8 Å². The van der Waals surface area contributed by atoms with Crippen molar-refractivity contribution in [1.29, 1.82) is 0 Å². The molecule has 1 aliphatic heterocycles. The number of benzene rings is 1. The molecule has 0 unspecified atom stereocenters. The lowest BCUT2D eigenvalue weighted by Gasteiger charge is -2.35. The zero-order valence-corrected chi connectivity index (χ0v) is 10.5. The Balaban J connectivity index is 2.53. The van der Waals surface area contributed by atoms with Gasteiger partial charge in [-0.1, -0.05) is 11.6 Å². The van der Waals surface area contributed by atoms with Gasteiger partial charge in [0.1, 0.15) is 5.54 Å². The molecular weight excluding hydrogens is 250 g/mol. The first-order valence-corrected chi connectivity index (χ1v) is 5.83. The van der Waals surface area contributed by atoms with Crippen LogP contribution in [0.2, 0.25) is 0 Å². The van der Waals surface area contributed by atoms with E-state index in [1.807, 2.05) is 0 Å². The quantitative estimate of drug-likeness (QED) is 0.626. The topological polar surface area (TPSA) is 98.1 Å². The second kappa shape index (κ2) is 4.73. The van der Waals surface area contributed by atoms with Crippen molar-refractivity contribution in [3.05, 3.63) is 34.9 Å². The van der Waals surface area contributed by atoms with E-state index in [4.69, 9.17) is 0 Å². The molecule has 0 spiro atoms. The summed E-state index contributed by atoms with van der Waals surface area (Å²) in [4.78, 5) is 25.2. The Morgan fingerprint density at radius 1 is 1.00 bits per heavy atom. The van der Waals surface area contributed by atoms with Gasteiger partial charge in [0.15, 0.2) is 0 Å². The zero-order chi connectivity index (χ0) is 14.2. The summed E-state index contributed by atoms with van der Waals surface area (Å²) in [6, 6.07) is 4.81. The lowest BCUT2D eigenvalue weighted by molar-refractivity contribution is -0.0237. The van der Waals surface area contributed by atoms with Crippen LogP contribution in [0.25, 0.3) is 0 Å². The van der Waals surface area contributed by atoms with Crippen molar-refractivity contribution in [3.63, 3.8) is 0 Å². The van der Waals surface area contributed by atoms with Crippen LogP contribution in [0, 0.1) is 6.92 Å². The van der Waals surface area contributed by atoms with E-state index >= 15 is 0 Å². The minimum atomic E-state index is -1.68. The molecule has 1 heterocycles. The van der Waals surface area contributed by atoms with E-state index in [1.165, 1.54) is 6.07 Å². The highest BCUT2D eigenvalue weighted by molar-refractivity contribution is 6.22. The summed E-state index contributed by atoms with van der Waals surface area (Å²) < 4.78 is 0. The molecule has 0 saturated carbocycles. The molecule has 3 N–H and O–H groups in total. The van der Waals surface area contributed by atoms with Crippen molar-refractivity contribution < 1.29 is 24.9 Å². The molecule has 0 aliphatic carbocycles. The molecule has 0 atom stereocenters. The van der Waals surface area contributed by atoms with Crippen LogP contribution in [0.3, 0.4) is 0 Å². The standard InChI is InChI=1S/C13H15NO5/c1-8-2-3-9-10(4-8)12(19)14(11(9)18)13(5-15,6-16)7-17/h2-4,15-17H,5-7H2,1H3. The largest absolute Gasteiger partial charge is 0.394 e. The number of aliphatic hydroxyl groups excluding tert-OH is 3. The molecule has 0 saturated heterocycles. The van der Waals surface area contributed by atoms with Gasteiger partial charge in [-0.2, -0.15) is 0 Å². The van der Waals surface area contributed by atoms with E-state index in [9.17, 15) is 24.9 Å². The molecule has 1 aromatic rings. The number of imide groups is 1. The Morgan fingerprint density at radius 2 is 1.53 bits per heavy atom. The highest BCUT2D eigenvalue weighted by Gasteiger charge is 2.48. The van der Waals surface area contributed by atoms with Gasteiger partial charge in [-0.25, -0.2) is 0 Å². The first-order valence-electron chi connectivity index (χ1n) is 5.83. The zero-order valence-electron chi connectivity index (χ0n) is 10.5. The summed E-state index contributed by atoms with van der Waals surface area (Å²) in [5.74, 6) is -1.22. The molecule has 0 radical (unpaired) electrons. The van der Waals surface area contributed by atoms with E-state index in [1.54, 1.807) is 19.1 Å². The van der Waals surface area contributed by atoms with Crippen LogP contribution in [-0.4, -0.2) is 57.4 Å². The van der Waals surface area contributed by atoms with Crippen LogP contribution in [0.5, 0.6) is 0 Å². The summed E-state index contributed by atoms with van der Waals surface area (Å²) in [6.45, 7) is -0.322. The number of fused-ring (bicyclic) bond motifs is 1. The number of amides is 2. The predicted octanol–water partition coefficient (Wildman–Crippen LogP) is -0.693. The Labute approximate surface area is 109 Å². The highest BCUT2D eigenvalue weighted by Crippen LogP contribution is 2.29. The number of carbonyl (C=O) groups is 2.